The molecular formula is C5H10N2S. The van der Waals surface area contributed by atoms with Gasteiger partial charge < -0.3 is 5.32 Å². The topological polar surface area (TPSA) is 24.4 Å². The van der Waals surface area contributed by atoms with E-state index in [1.807, 2.05) is 0 Å². The molecule has 0 aliphatic carbocycles. The maximum atomic E-state index is 4.15. The van der Waals surface area contributed by atoms with Crippen LogP contribution in [0.4, 0.5) is 0 Å². The number of rotatable bonds is 2. The predicted molar refractivity (Wildman–Crippen MR) is 37.9 cm³/mol. The van der Waals surface area contributed by atoms with Gasteiger partial charge in [0.05, 0.1) is 5.88 Å². The Bertz CT molecular complexity index is 101. The quantitative estimate of drug-likeness (QED) is 0.571. The molecule has 0 spiro atoms. The van der Waals surface area contributed by atoms with Gasteiger partial charge in [-0.05, 0) is 18.4 Å². The first-order valence-corrected chi connectivity index (χ1v) is 3.80. The van der Waals surface area contributed by atoms with Crippen LogP contribution in [0.25, 0.3) is 0 Å². The van der Waals surface area contributed by atoms with Crippen LogP contribution in [0.15, 0.2) is 4.40 Å². The van der Waals surface area contributed by atoms with Crippen molar-refractivity contribution in [2.75, 3.05) is 5.88 Å². The lowest BCUT2D eigenvalue weighted by atomic mass is 10.3. The minimum absolute atomic E-state index is 0.968. The van der Waals surface area contributed by atoms with Crippen LogP contribution in [0.3, 0.4) is 0 Å². The van der Waals surface area contributed by atoms with Gasteiger partial charge in [0.2, 0.25) is 0 Å². The van der Waals surface area contributed by atoms with E-state index in [0.717, 1.165) is 18.1 Å². The van der Waals surface area contributed by atoms with Gasteiger partial charge in [-0.2, -0.15) is 0 Å². The summed E-state index contributed by atoms with van der Waals surface area (Å²) in [6.45, 7) is 2.16. The molecule has 0 atom stereocenters. The number of hydrogen-bond donors (Lipinski definition) is 1. The first-order chi connectivity index (χ1) is 3.93. The van der Waals surface area contributed by atoms with Gasteiger partial charge in [-0.1, -0.05) is 6.92 Å². The third-order valence-electron chi connectivity index (χ3n) is 1.00. The van der Waals surface area contributed by atoms with E-state index in [9.17, 15) is 0 Å². The average Bonchev–Trinajstić information content (AvgIpc) is 2.19. The molecule has 1 aliphatic heterocycles. The molecule has 1 N–H and O–H groups in total. The Labute approximate surface area is 53.9 Å². The van der Waals surface area contributed by atoms with Crippen LogP contribution >= 0.6 is 11.9 Å². The van der Waals surface area contributed by atoms with Crippen molar-refractivity contribution in [2.45, 2.75) is 19.8 Å². The summed E-state index contributed by atoms with van der Waals surface area (Å²) in [6.07, 6.45) is 2.29. The summed E-state index contributed by atoms with van der Waals surface area (Å²) in [7, 11) is 0. The maximum Gasteiger partial charge on any atom is 0.111 e. The standard InChI is InChI=1S/C5H10N2S/c1-2-3-5-6-4-8-7-5/h2-4H2,1H3,(H,6,7). The van der Waals surface area contributed by atoms with Crippen molar-refractivity contribution in [1.82, 2.24) is 5.32 Å². The number of amidine groups is 1. The number of nitrogens with one attached hydrogen (secondary N) is 1. The Balaban J connectivity index is 2.23. The molecule has 0 fully saturated rings. The second-order valence-corrected chi connectivity index (χ2v) is 2.47. The zero-order chi connectivity index (χ0) is 5.82. The van der Waals surface area contributed by atoms with Crippen LogP contribution in [0, 0.1) is 0 Å². The highest BCUT2D eigenvalue weighted by Gasteiger charge is 2.01. The highest BCUT2D eigenvalue weighted by atomic mass is 32.2. The molecular weight excluding hydrogens is 120 g/mol. The minimum Gasteiger partial charge on any atom is -0.362 e. The van der Waals surface area contributed by atoms with Crippen molar-refractivity contribution in [3.05, 3.63) is 0 Å². The van der Waals surface area contributed by atoms with Crippen molar-refractivity contribution in [2.24, 2.45) is 4.40 Å². The first-order valence-electron chi connectivity index (χ1n) is 2.86. The Morgan fingerprint density at radius 2 is 2.75 bits per heavy atom. The van der Waals surface area contributed by atoms with Crippen molar-refractivity contribution in [3.8, 4) is 0 Å². The molecule has 46 valence electrons. The number of nitrogens with zero attached hydrogens (tertiary/aromatic N) is 1. The van der Waals surface area contributed by atoms with Gasteiger partial charge in [0.15, 0.2) is 0 Å². The lowest BCUT2D eigenvalue weighted by molar-refractivity contribution is 0.950. The molecule has 0 aromatic rings. The van der Waals surface area contributed by atoms with Crippen LogP contribution in [-0.2, 0) is 0 Å². The van der Waals surface area contributed by atoms with Gasteiger partial charge in [-0.25, -0.2) is 4.40 Å². The summed E-state index contributed by atoms with van der Waals surface area (Å²) in [5.74, 6) is 2.13. The molecule has 2 nitrogen and oxygen atoms in total. The molecule has 1 aliphatic rings. The Hall–Kier alpha value is -0.180. The zero-order valence-electron chi connectivity index (χ0n) is 4.98. The molecule has 0 bridgehead atoms. The highest BCUT2D eigenvalue weighted by molar-refractivity contribution is 7.98. The summed E-state index contributed by atoms with van der Waals surface area (Å²) in [4.78, 5) is 0. The monoisotopic (exact) mass is 130 g/mol. The smallest absolute Gasteiger partial charge is 0.111 e. The molecule has 0 saturated carbocycles. The third-order valence-corrected chi connectivity index (χ3v) is 1.63. The second kappa shape index (κ2) is 2.97. The van der Waals surface area contributed by atoms with Crippen LogP contribution in [0.5, 0.6) is 0 Å². The van der Waals surface area contributed by atoms with E-state index in [1.165, 1.54) is 6.42 Å². The van der Waals surface area contributed by atoms with E-state index < -0.39 is 0 Å². The van der Waals surface area contributed by atoms with Crippen molar-refractivity contribution < 1.29 is 0 Å². The van der Waals surface area contributed by atoms with E-state index in [4.69, 9.17) is 0 Å². The SMILES string of the molecule is CCCC1=NSCN1. The van der Waals surface area contributed by atoms with Crippen LogP contribution in [0.1, 0.15) is 19.8 Å². The van der Waals surface area contributed by atoms with Crippen LogP contribution < -0.4 is 5.32 Å². The molecule has 0 radical (unpaired) electrons. The molecule has 0 unspecified atom stereocenters. The molecule has 0 aromatic heterocycles. The lowest BCUT2D eigenvalue weighted by Gasteiger charge is -1.94. The first kappa shape index (κ1) is 5.95. The van der Waals surface area contributed by atoms with Gasteiger partial charge in [-0.15, -0.1) is 0 Å². The average molecular weight is 130 g/mol. The zero-order valence-corrected chi connectivity index (χ0v) is 5.79. The van der Waals surface area contributed by atoms with E-state index in [2.05, 4.69) is 16.6 Å². The summed E-state index contributed by atoms with van der Waals surface area (Å²) < 4.78 is 4.15. The van der Waals surface area contributed by atoms with E-state index >= 15 is 0 Å². The molecule has 0 saturated heterocycles. The highest BCUT2D eigenvalue weighted by Crippen LogP contribution is 2.08. The predicted octanol–water partition coefficient (Wildman–Crippen LogP) is 1.39. The molecule has 3 heteroatoms. The Morgan fingerprint density at radius 3 is 3.25 bits per heavy atom. The molecule has 8 heavy (non-hydrogen) atoms. The maximum absolute atomic E-state index is 4.15. The fourth-order valence-electron chi connectivity index (χ4n) is 0.629. The van der Waals surface area contributed by atoms with Crippen LogP contribution in [-0.4, -0.2) is 11.7 Å². The van der Waals surface area contributed by atoms with Gasteiger partial charge >= 0.3 is 0 Å². The van der Waals surface area contributed by atoms with Gasteiger partial charge in [0.25, 0.3) is 0 Å². The van der Waals surface area contributed by atoms with Gasteiger partial charge in [0.1, 0.15) is 5.84 Å². The largest absolute Gasteiger partial charge is 0.362 e. The van der Waals surface area contributed by atoms with Crippen molar-refractivity contribution in [3.63, 3.8) is 0 Å². The summed E-state index contributed by atoms with van der Waals surface area (Å²) in [5.41, 5.74) is 0. The summed E-state index contributed by atoms with van der Waals surface area (Å²) in [6, 6.07) is 0. The second-order valence-electron chi connectivity index (χ2n) is 1.74. The molecule has 0 aromatic carbocycles. The normalized spacial score (nSPS) is 17.9. The molecule has 0 amide bonds. The molecule has 1 heterocycles. The van der Waals surface area contributed by atoms with Crippen molar-refractivity contribution in [1.29, 1.82) is 0 Å². The van der Waals surface area contributed by atoms with Gasteiger partial charge in [0, 0.05) is 6.42 Å². The summed E-state index contributed by atoms with van der Waals surface area (Å²) >= 11 is 1.60. The Kier molecular flexibility index (Phi) is 2.21. The summed E-state index contributed by atoms with van der Waals surface area (Å²) in [5, 5.41) is 3.17. The Morgan fingerprint density at radius 1 is 1.88 bits per heavy atom. The third kappa shape index (κ3) is 1.40. The minimum atomic E-state index is 0.968. The lowest BCUT2D eigenvalue weighted by Crippen LogP contribution is -2.16. The fraction of sp³-hybridized carbons (Fsp3) is 0.800. The van der Waals surface area contributed by atoms with E-state index in [0.29, 0.717) is 0 Å². The number of hydrogen-bond acceptors (Lipinski definition) is 3. The van der Waals surface area contributed by atoms with Gasteiger partial charge in [-0.3, -0.25) is 0 Å². The van der Waals surface area contributed by atoms with Crippen LogP contribution in [0.2, 0.25) is 0 Å². The fourth-order valence-corrected chi connectivity index (χ4v) is 1.24. The van der Waals surface area contributed by atoms with E-state index in [1.54, 1.807) is 11.9 Å². The van der Waals surface area contributed by atoms with E-state index in [-0.39, 0.29) is 0 Å². The molecule has 1 rings (SSSR count). The van der Waals surface area contributed by atoms with Crippen molar-refractivity contribution >= 4 is 17.8 Å².